The van der Waals surface area contributed by atoms with Crippen molar-refractivity contribution >= 4 is 11.9 Å². The monoisotopic (exact) mass is 1110 g/mol. The first-order valence-electron chi connectivity index (χ1n) is 27.1. The molecule has 77 heavy (non-hydrogen) atoms. The molecule has 8 aliphatic rings. The maximum atomic E-state index is 13.0. The molecule has 0 radical (unpaired) electrons. The Morgan fingerprint density at radius 1 is 0.442 bits per heavy atom. The number of fused-ring (bicyclic) bond motifs is 1. The van der Waals surface area contributed by atoms with E-state index >= 15 is 0 Å². The number of esters is 2. The number of ether oxygens (including phenoxy) is 9. The van der Waals surface area contributed by atoms with Crippen molar-refractivity contribution < 1.29 is 129 Å². The summed E-state index contributed by atoms with van der Waals surface area (Å²) in [5.41, 5.74) is 0. The molecule has 15 N–H and O–H groups in total. The SMILES string of the molecule is O=C(C=CC1CCC(O)CC1)OC[C@H]1O[C@@H](O[C@H]2[C@H](OC3CC4C(CC(O)CC4O[C@@H]4O[C@H](CO)[C@@H](O)[C@H](O)[C@H]4O)OC3C3CC(O)C(O)C(O)C3)O[C@H](COC(=O)C=CC3CCC(O)CC3)[C@@H](O)[C@@H]2O)[C@H](O)[C@@H](O)[C@@H]1O. The van der Waals surface area contributed by atoms with Crippen LogP contribution in [0.15, 0.2) is 24.3 Å². The summed E-state index contributed by atoms with van der Waals surface area (Å²) < 4.78 is 54.4. The Labute approximate surface area is 444 Å². The minimum absolute atomic E-state index is 0.00201. The Morgan fingerprint density at radius 2 is 0.909 bits per heavy atom. The van der Waals surface area contributed by atoms with Gasteiger partial charge in [-0.2, -0.15) is 0 Å². The van der Waals surface area contributed by atoms with E-state index in [-0.39, 0.29) is 43.9 Å². The second-order valence-electron chi connectivity index (χ2n) is 22.3. The van der Waals surface area contributed by atoms with Gasteiger partial charge < -0.3 is 119 Å². The average molecular weight is 1110 g/mol. The molecule has 8 rings (SSSR count). The van der Waals surface area contributed by atoms with E-state index in [1.807, 2.05) is 0 Å². The third-order valence-corrected chi connectivity index (χ3v) is 16.9. The third-order valence-electron chi connectivity index (χ3n) is 16.9. The molecule has 0 aromatic rings. The van der Waals surface area contributed by atoms with Crippen LogP contribution in [0.25, 0.3) is 0 Å². The molecule has 8 fully saturated rings. The molecule has 440 valence electrons. The summed E-state index contributed by atoms with van der Waals surface area (Å²) >= 11 is 0. The van der Waals surface area contributed by atoms with E-state index in [4.69, 9.17) is 42.6 Å². The van der Waals surface area contributed by atoms with Gasteiger partial charge in [0, 0.05) is 24.5 Å². The molecule has 4 saturated heterocycles. The summed E-state index contributed by atoms with van der Waals surface area (Å²) in [6, 6.07) is 0. The molecule has 0 amide bonds. The van der Waals surface area contributed by atoms with Gasteiger partial charge in [0.1, 0.15) is 92.6 Å². The maximum absolute atomic E-state index is 13.0. The van der Waals surface area contributed by atoms with Crippen LogP contribution in [0.3, 0.4) is 0 Å². The Morgan fingerprint density at radius 3 is 1.44 bits per heavy atom. The van der Waals surface area contributed by atoms with Crippen LogP contribution in [0, 0.1) is 23.7 Å². The van der Waals surface area contributed by atoms with E-state index in [9.17, 15) is 86.2 Å². The van der Waals surface area contributed by atoms with Gasteiger partial charge in [0.25, 0.3) is 0 Å². The van der Waals surface area contributed by atoms with Gasteiger partial charge in [0.2, 0.25) is 0 Å². The Kier molecular flexibility index (Phi) is 21.3. The molecule has 0 aromatic carbocycles. The molecular formula is C51H80O26. The van der Waals surface area contributed by atoms with E-state index in [2.05, 4.69) is 0 Å². The zero-order valence-electron chi connectivity index (χ0n) is 42.6. The zero-order chi connectivity index (χ0) is 55.4. The number of aliphatic hydroxyl groups is 15. The van der Waals surface area contributed by atoms with Crippen molar-refractivity contribution in [3.05, 3.63) is 24.3 Å². The zero-order valence-corrected chi connectivity index (χ0v) is 42.6. The molecule has 4 heterocycles. The molecule has 4 saturated carbocycles. The summed E-state index contributed by atoms with van der Waals surface area (Å²) in [7, 11) is 0. The highest BCUT2D eigenvalue weighted by Gasteiger charge is 2.57. The van der Waals surface area contributed by atoms with Crippen LogP contribution in [0.2, 0.25) is 0 Å². The lowest BCUT2D eigenvalue weighted by molar-refractivity contribution is -0.380. The van der Waals surface area contributed by atoms with E-state index < -0.39 is 197 Å². The van der Waals surface area contributed by atoms with Gasteiger partial charge >= 0.3 is 11.9 Å². The number of carbonyl (C=O) groups is 2. The molecular weight excluding hydrogens is 1030 g/mol. The molecule has 0 spiro atoms. The average Bonchev–Trinajstić information content (AvgIpc) is 3.42. The van der Waals surface area contributed by atoms with E-state index in [1.165, 1.54) is 12.2 Å². The lowest BCUT2D eigenvalue weighted by Gasteiger charge is -2.53. The van der Waals surface area contributed by atoms with Gasteiger partial charge in [-0.15, -0.1) is 0 Å². The van der Waals surface area contributed by atoms with Crippen LogP contribution in [-0.4, -0.2) is 262 Å². The van der Waals surface area contributed by atoms with Crippen molar-refractivity contribution in [1.82, 2.24) is 0 Å². The van der Waals surface area contributed by atoms with Crippen molar-refractivity contribution in [2.45, 2.75) is 237 Å². The van der Waals surface area contributed by atoms with Crippen molar-refractivity contribution in [3.8, 4) is 0 Å². The summed E-state index contributed by atoms with van der Waals surface area (Å²) in [6.07, 6.45) is -27.5. The largest absolute Gasteiger partial charge is 0.460 e. The minimum atomic E-state index is -2.06. The highest BCUT2D eigenvalue weighted by molar-refractivity contribution is 5.82. The highest BCUT2D eigenvalue weighted by Crippen LogP contribution is 2.45. The van der Waals surface area contributed by atoms with Crippen molar-refractivity contribution in [2.75, 3.05) is 19.8 Å². The first-order valence-corrected chi connectivity index (χ1v) is 27.1. The molecule has 23 atom stereocenters. The molecule has 0 bridgehead atoms. The van der Waals surface area contributed by atoms with E-state index in [1.54, 1.807) is 12.2 Å². The standard InChI is InChI=1S/C51H80O26/c52-18-33-39(61)42(64)45(67)49(74-33)72-31-16-26(55)15-30-27(31)17-32(47(71-30)23-13-28(56)38(60)29(57)14-23)73-51-48(44(66)41(63)35(76-51)20-70-37(59)12-6-22-3-9-25(54)10-4-22)77-50-46(68)43(65)40(62)34(75-50)19-69-36(58)11-5-21-1-7-24(53)8-2-21/h5-6,11-12,21-35,38-57,60-68H,1-4,7-10,13-20H2/t21?,22?,23?,24?,25?,26?,27?,28?,29?,30?,31?,32?,33-,34-,35-,38?,39-,40-,41-,42+,43+,44+,45-,46-,47?,48-,49-,50+,51-/m1/s1. The van der Waals surface area contributed by atoms with Crippen LogP contribution in [0.5, 0.6) is 0 Å². The molecule has 26 nitrogen and oxygen atoms in total. The summed E-state index contributed by atoms with van der Waals surface area (Å²) in [4.78, 5) is 25.8. The highest BCUT2D eigenvalue weighted by atomic mass is 16.8. The molecule has 0 aromatic heterocycles. The minimum Gasteiger partial charge on any atom is -0.460 e. The fraction of sp³-hybridized carbons (Fsp3) is 0.882. The normalized spacial score (nSPS) is 49.1. The maximum Gasteiger partial charge on any atom is 0.330 e. The summed E-state index contributed by atoms with van der Waals surface area (Å²) in [6.45, 7) is -2.09. The van der Waals surface area contributed by atoms with Crippen molar-refractivity contribution in [2.24, 2.45) is 23.7 Å². The Bertz CT molecular complexity index is 1920. The molecule has 4 aliphatic heterocycles. The lowest BCUT2D eigenvalue weighted by atomic mass is 9.72. The first-order chi connectivity index (χ1) is 36.7. The van der Waals surface area contributed by atoms with Crippen molar-refractivity contribution in [1.29, 1.82) is 0 Å². The molecule has 8 unspecified atom stereocenters. The van der Waals surface area contributed by atoms with Gasteiger partial charge in [-0.3, -0.25) is 0 Å². The fourth-order valence-electron chi connectivity index (χ4n) is 12.2. The van der Waals surface area contributed by atoms with Crippen LogP contribution < -0.4 is 0 Å². The lowest BCUT2D eigenvalue weighted by Crippen LogP contribution is -2.66. The molecule has 26 heteroatoms. The van der Waals surface area contributed by atoms with Gasteiger partial charge in [0.05, 0.1) is 61.5 Å². The predicted molar refractivity (Wildman–Crippen MR) is 255 cm³/mol. The smallest absolute Gasteiger partial charge is 0.330 e. The van der Waals surface area contributed by atoms with Gasteiger partial charge in [-0.05, 0) is 94.8 Å². The predicted octanol–water partition coefficient (Wildman–Crippen LogP) is -5.08. The van der Waals surface area contributed by atoms with Crippen LogP contribution in [0.1, 0.15) is 83.5 Å². The Hall–Kier alpha value is -2.46. The van der Waals surface area contributed by atoms with Crippen molar-refractivity contribution in [3.63, 3.8) is 0 Å². The van der Waals surface area contributed by atoms with Gasteiger partial charge in [-0.25, -0.2) is 9.59 Å². The first kappa shape index (κ1) is 60.6. The van der Waals surface area contributed by atoms with E-state index in [0.717, 1.165) is 0 Å². The quantitative estimate of drug-likeness (QED) is 0.0508. The van der Waals surface area contributed by atoms with Crippen LogP contribution in [-0.2, 0) is 52.2 Å². The molecule has 4 aliphatic carbocycles. The summed E-state index contributed by atoms with van der Waals surface area (Å²) in [5.74, 6) is -3.20. The number of hydrogen-bond donors (Lipinski definition) is 15. The Balaban J connectivity index is 1.05. The number of allylic oxidation sites excluding steroid dienone is 2. The third kappa shape index (κ3) is 14.8. The van der Waals surface area contributed by atoms with Crippen LogP contribution in [0.4, 0.5) is 0 Å². The number of rotatable bonds is 16. The second kappa shape index (κ2) is 27.1. The number of carbonyl (C=O) groups excluding carboxylic acids is 2. The fourth-order valence-corrected chi connectivity index (χ4v) is 12.2. The topological polar surface area (TPSA) is 421 Å². The van der Waals surface area contributed by atoms with E-state index in [0.29, 0.717) is 51.4 Å². The number of aliphatic hydroxyl groups excluding tert-OH is 15. The summed E-state index contributed by atoms with van der Waals surface area (Å²) in [5, 5.41) is 162. The second-order valence-corrected chi connectivity index (χ2v) is 22.3. The van der Waals surface area contributed by atoms with Gasteiger partial charge in [-0.1, -0.05) is 12.2 Å². The van der Waals surface area contributed by atoms with Gasteiger partial charge in [0.15, 0.2) is 18.9 Å². The van der Waals surface area contributed by atoms with Crippen LogP contribution >= 0.6 is 0 Å². The number of hydrogen-bond acceptors (Lipinski definition) is 26.